The molecule has 4 heteroatoms. The number of pyridine rings is 1. The molecule has 0 aliphatic heterocycles. The van der Waals surface area contributed by atoms with Crippen LogP contribution in [0.1, 0.15) is 35.6 Å². The molecule has 0 N–H and O–H groups in total. The van der Waals surface area contributed by atoms with E-state index in [1.165, 1.54) is 0 Å². The number of hydrogen-bond acceptors (Lipinski definition) is 2. The van der Waals surface area contributed by atoms with Gasteiger partial charge in [-0.25, -0.2) is 0 Å². The van der Waals surface area contributed by atoms with E-state index < -0.39 is 0 Å². The lowest BCUT2D eigenvalue weighted by atomic mass is 9.98. The Balaban J connectivity index is 0.00000288. The Morgan fingerprint density at radius 1 is 0.958 bits per heavy atom. The predicted molar refractivity (Wildman–Crippen MR) is 90.3 cm³/mol. The van der Waals surface area contributed by atoms with Crippen molar-refractivity contribution in [1.82, 2.24) is 0 Å². The van der Waals surface area contributed by atoms with Gasteiger partial charge in [0.2, 0.25) is 12.3 Å². The van der Waals surface area contributed by atoms with Gasteiger partial charge in [0.25, 0.3) is 0 Å². The predicted octanol–water partition coefficient (Wildman–Crippen LogP) is -0.0717. The molecular weight excluding hydrogens is 366 g/mol. The maximum Gasteiger partial charge on any atom is 0.206 e. The van der Waals surface area contributed by atoms with E-state index in [2.05, 4.69) is 0 Å². The molecule has 0 aliphatic carbocycles. The summed E-state index contributed by atoms with van der Waals surface area (Å²) >= 11 is 0. The minimum Gasteiger partial charge on any atom is -1.00 e. The number of benzene rings is 1. The molecule has 0 saturated carbocycles. The zero-order valence-corrected chi connectivity index (χ0v) is 16.1. The quantitative estimate of drug-likeness (QED) is 0.621. The van der Waals surface area contributed by atoms with Gasteiger partial charge in [-0.2, -0.15) is 4.57 Å². The van der Waals surface area contributed by atoms with E-state index in [0.29, 0.717) is 25.8 Å². The van der Waals surface area contributed by atoms with Crippen LogP contribution in [0.15, 0.2) is 42.7 Å². The molecule has 0 saturated heterocycles. The number of carbonyl (C=O) groups is 2. The lowest BCUT2D eigenvalue weighted by molar-refractivity contribution is -0.684. The molecule has 2 aromatic rings. The van der Waals surface area contributed by atoms with Crippen molar-refractivity contribution in [2.24, 2.45) is 0 Å². The van der Waals surface area contributed by atoms with Crippen LogP contribution in [0.5, 0.6) is 0 Å². The smallest absolute Gasteiger partial charge is 0.206 e. The zero-order chi connectivity index (χ0) is 16.8. The van der Waals surface area contributed by atoms with Crippen molar-refractivity contribution < 1.29 is 31.1 Å². The molecular formula is C20H24BrNO2. The van der Waals surface area contributed by atoms with Gasteiger partial charge in [0.05, 0.1) is 0 Å². The summed E-state index contributed by atoms with van der Waals surface area (Å²) in [6.07, 6.45) is 5.20. The number of aromatic nitrogens is 1. The minimum atomic E-state index is 0. The van der Waals surface area contributed by atoms with Crippen LogP contribution in [0.2, 0.25) is 0 Å². The average molecular weight is 390 g/mol. The molecule has 0 amide bonds. The van der Waals surface area contributed by atoms with Crippen molar-refractivity contribution in [2.45, 2.75) is 46.6 Å². The summed E-state index contributed by atoms with van der Waals surface area (Å²) in [5.41, 5.74) is 4.39. The third kappa shape index (κ3) is 5.68. The first-order valence-corrected chi connectivity index (χ1v) is 8.06. The van der Waals surface area contributed by atoms with E-state index >= 15 is 0 Å². The van der Waals surface area contributed by atoms with Gasteiger partial charge in [0, 0.05) is 30.9 Å². The van der Waals surface area contributed by atoms with Gasteiger partial charge in [-0.1, -0.05) is 25.1 Å². The van der Waals surface area contributed by atoms with E-state index in [1.54, 1.807) is 0 Å². The van der Waals surface area contributed by atoms with E-state index in [9.17, 15) is 9.59 Å². The van der Waals surface area contributed by atoms with Crippen LogP contribution in [0.25, 0.3) is 0 Å². The van der Waals surface area contributed by atoms with Crippen molar-refractivity contribution in [3.8, 4) is 0 Å². The number of ketones is 2. The van der Waals surface area contributed by atoms with Crippen LogP contribution < -0.4 is 21.5 Å². The summed E-state index contributed by atoms with van der Waals surface area (Å²) in [6.45, 7) is 6.29. The second kappa shape index (κ2) is 9.48. The number of carbonyl (C=O) groups excluding carboxylic acids is 2. The Morgan fingerprint density at radius 2 is 1.62 bits per heavy atom. The summed E-state index contributed by atoms with van der Waals surface area (Å²) in [5, 5.41) is 0. The lowest BCUT2D eigenvalue weighted by Gasteiger charge is -2.08. The van der Waals surface area contributed by atoms with Crippen molar-refractivity contribution in [3.63, 3.8) is 0 Å². The van der Waals surface area contributed by atoms with Crippen LogP contribution >= 0.6 is 0 Å². The molecule has 3 nitrogen and oxygen atoms in total. The molecule has 0 spiro atoms. The molecule has 1 aromatic heterocycles. The Morgan fingerprint density at radius 3 is 2.25 bits per heavy atom. The summed E-state index contributed by atoms with van der Waals surface area (Å²) < 4.78 is 1.87. The first-order valence-electron chi connectivity index (χ1n) is 8.06. The van der Waals surface area contributed by atoms with Crippen LogP contribution in [0, 0.1) is 13.8 Å². The van der Waals surface area contributed by atoms with E-state index in [0.717, 1.165) is 22.3 Å². The van der Waals surface area contributed by atoms with Crippen LogP contribution in [0.3, 0.4) is 0 Å². The molecule has 24 heavy (non-hydrogen) atoms. The van der Waals surface area contributed by atoms with Crippen LogP contribution in [-0.4, -0.2) is 11.6 Å². The number of nitrogens with zero attached hydrogens (tertiary/aromatic N) is 1. The fourth-order valence-electron chi connectivity index (χ4n) is 2.72. The molecule has 0 atom stereocenters. The highest BCUT2D eigenvalue weighted by atomic mass is 79.9. The normalized spacial score (nSPS) is 10.1. The molecule has 0 fully saturated rings. The van der Waals surface area contributed by atoms with Gasteiger partial charge in [-0.05, 0) is 36.6 Å². The van der Waals surface area contributed by atoms with Gasteiger partial charge in [0.1, 0.15) is 5.78 Å². The summed E-state index contributed by atoms with van der Waals surface area (Å²) in [6, 6.07) is 9.92. The van der Waals surface area contributed by atoms with Gasteiger partial charge in [-0.3, -0.25) is 9.59 Å². The van der Waals surface area contributed by atoms with Gasteiger partial charge in [-0.15, -0.1) is 0 Å². The first kappa shape index (κ1) is 20.2. The molecule has 0 bridgehead atoms. The Hall–Kier alpha value is -1.81. The van der Waals surface area contributed by atoms with Crippen LogP contribution in [0.4, 0.5) is 0 Å². The lowest BCUT2D eigenvalue weighted by Crippen LogP contribution is -3.00. The molecule has 0 aliphatic rings. The SMILES string of the molecule is CCC(=O)Cc1ccc[n+](CC(=O)Cc2c(C)cccc2C)c1.[Br-]. The Bertz CT molecular complexity index is 705. The number of aryl methyl sites for hydroxylation is 2. The van der Waals surface area contributed by atoms with E-state index in [4.69, 9.17) is 0 Å². The van der Waals surface area contributed by atoms with Gasteiger partial charge < -0.3 is 17.0 Å². The summed E-state index contributed by atoms with van der Waals surface area (Å²) in [5.74, 6) is 0.385. The monoisotopic (exact) mass is 389 g/mol. The number of Topliss-reactive ketones (excluding diaryl/α,β-unsaturated/α-hetero) is 2. The van der Waals surface area contributed by atoms with Crippen molar-refractivity contribution in [3.05, 3.63) is 65.0 Å². The van der Waals surface area contributed by atoms with Crippen LogP contribution in [-0.2, 0) is 29.0 Å². The second-order valence-electron chi connectivity index (χ2n) is 6.04. The standard InChI is InChI=1S/C20H24NO2.BrH/c1-4-18(22)11-17-9-6-10-21(13-17)14-19(23)12-20-15(2)7-5-8-16(20)3;/h5-10,13H,4,11-12,14H2,1-3H3;1H/q+1;/p-1. The van der Waals surface area contributed by atoms with E-state index in [-0.39, 0.29) is 28.5 Å². The largest absolute Gasteiger partial charge is 1.00 e. The summed E-state index contributed by atoms with van der Waals surface area (Å²) in [4.78, 5) is 23.9. The topological polar surface area (TPSA) is 38.0 Å². The molecule has 1 aromatic carbocycles. The molecule has 0 unspecified atom stereocenters. The zero-order valence-electron chi connectivity index (χ0n) is 14.5. The minimum absolute atomic E-state index is 0. The number of rotatable bonds is 7. The average Bonchev–Trinajstić information content (AvgIpc) is 2.51. The summed E-state index contributed by atoms with van der Waals surface area (Å²) in [7, 11) is 0. The maximum atomic E-state index is 12.4. The van der Waals surface area contributed by atoms with Gasteiger partial charge >= 0.3 is 0 Å². The molecule has 2 rings (SSSR count). The Kier molecular flexibility index (Phi) is 7.99. The van der Waals surface area contributed by atoms with E-state index in [1.807, 2.05) is 68.1 Å². The Labute approximate surface area is 154 Å². The van der Waals surface area contributed by atoms with Crippen molar-refractivity contribution >= 4 is 11.6 Å². The highest BCUT2D eigenvalue weighted by Gasteiger charge is 2.14. The molecule has 128 valence electrons. The third-order valence-electron chi connectivity index (χ3n) is 4.09. The maximum absolute atomic E-state index is 12.4. The fraction of sp³-hybridized carbons (Fsp3) is 0.350. The van der Waals surface area contributed by atoms with Gasteiger partial charge in [0.15, 0.2) is 12.4 Å². The van der Waals surface area contributed by atoms with Crippen molar-refractivity contribution in [2.75, 3.05) is 0 Å². The number of hydrogen-bond donors (Lipinski definition) is 0. The van der Waals surface area contributed by atoms with Crippen molar-refractivity contribution in [1.29, 1.82) is 0 Å². The first-order chi connectivity index (χ1) is 11.0. The molecule has 0 radical (unpaired) electrons. The fourth-order valence-corrected chi connectivity index (χ4v) is 2.72. The number of halogens is 1. The highest BCUT2D eigenvalue weighted by molar-refractivity contribution is 5.81. The highest BCUT2D eigenvalue weighted by Crippen LogP contribution is 2.14. The third-order valence-corrected chi connectivity index (χ3v) is 4.09. The molecule has 1 heterocycles. The second-order valence-corrected chi connectivity index (χ2v) is 6.04.